The lowest BCUT2D eigenvalue weighted by atomic mass is 10.2. The number of anilines is 1. The van der Waals surface area contributed by atoms with Crippen molar-refractivity contribution in [2.45, 2.75) is 4.34 Å². The van der Waals surface area contributed by atoms with Gasteiger partial charge in [0.05, 0.1) is 31.4 Å². The molecule has 3 aromatic rings. The van der Waals surface area contributed by atoms with E-state index in [0.29, 0.717) is 22.2 Å². The van der Waals surface area contributed by atoms with Crippen LogP contribution in [0.3, 0.4) is 0 Å². The first-order valence-corrected chi connectivity index (χ1v) is 10.2. The van der Waals surface area contributed by atoms with Crippen molar-refractivity contribution < 1.29 is 14.3 Å². The Hall–Kier alpha value is -2.22. The van der Waals surface area contributed by atoms with E-state index >= 15 is 0 Å². The molecule has 0 bridgehead atoms. The molecule has 5 nitrogen and oxygen atoms in total. The van der Waals surface area contributed by atoms with Crippen LogP contribution in [0.25, 0.3) is 11.3 Å². The number of halogens is 1. The van der Waals surface area contributed by atoms with Gasteiger partial charge < -0.3 is 14.8 Å². The molecule has 1 heterocycles. The number of benzene rings is 2. The van der Waals surface area contributed by atoms with Gasteiger partial charge in [-0.2, -0.15) is 0 Å². The number of thiazole rings is 1. The summed E-state index contributed by atoms with van der Waals surface area (Å²) in [6, 6.07) is 12.8. The summed E-state index contributed by atoms with van der Waals surface area (Å²) in [6.07, 6.45) is 0. The van der Waals surface area contributed by atoms with E-state index in [-0.39, 0.29) is 11.7 Å². The molecule has 0 spiro atoms. The Kier molecular flexibility index (Phi) is 6.60. The highest BCUT2D eigenvalue weighted by atomic mass is 35.5. The number of aromatic nitrogens is 1. The number of amides is 1. The maximum absolute atomic E-state index is 12.3. The minimum absolute atomic E-state index is 0.133. The number of hydrogen-bond donors (Lipinski definition) is 1. The first kappa shape index (κ1) is 19.5. The van der Waals surface area contributed by atoms with Crippen LogP contribution in [0.5, 0.6) is 11.5 Å². The summed E-state index contributed by atoms with van der Waals surface area (Å²) in [7, 11) is 3.13. The second-order valence-corrected chi connectivity index (χ2v) is 7.93. The molecule has 0 aliphatic rings. The third-order valence-electron chi connectivity index (χ3n) is 3.63. The van der Waals surface area contributed by atoms with Crippen molar-refractivity contribution in [3.63, 3.8) is 0 Å². The van der Waals surface area contributed by atoms with Crippen LogP contribution < -0.4 is 14.8 Å². The van der Waals surface area contributed by atoms with Gasteiger partial charge in [-0.05, 0) is 24.3 Å². The molecule has 0 saturated carbocycles. The Balaban J connectivity index is 1.59. The number of hydrogen-bond acceptors (Lipinski definition) is 6. The lowest BCUT2D eigenvalue weighted by Gasteiger charge is -2.11. The van der Waals surface area contributed by atoms with E-state index in [9.17, 15) is 4.79 Å². The smallest absolute Gasteiger partial charge is 0.234 e. The number of carbonyl (C=O) groups is 1. The number of rotatable bonds is 7. The van der Waals surface area contributed by atoms with Gasteiger partial charge in [-0.1, -0.05) is 35.5 Å². The Morgan fingerprint density at radius 1 is 1.19 bits per heavy atom. The molecule has 2 aromatic carbocycles. The second kappa shape index (κ2) is 9.12. The molecule has 0 fully saturated rings. The van der Waals surface area contributed by atoms with Gasteiger partial charge in [-0.3, -0.25) is 4.79 Å². The van der Waals surface area contributed by atoms with E-state index in [1.54, 1.807) is 32.4 Å². The Morgan fingerprint density at radius 2 is 1.96 bits per heavy atom. The normalized spacial score (nSPS) is 10.5. The molecule has 0 unspecified atom stereocenters. The number of nitrogens with zero attached hydrogens (tertiary/aromatic N) is 1. The van der Waals surface area contributed by atoms with Crippen LogP contribution in [-0.2, 0) is 4.79 Å². The molecule has 0 atom stereocenters. The lowest BCUT2D eigenvalue weighted by Crippen LogP contribution is -2.14. The SMILES string of the molecule is COc1ccc(NC(=O)CSc2nc(-c3ccc(Cl)cc3)cs2)c(OC)c1. The van der Waals surface area contributed by atoms with E-state index in [2.05, 4.69) is 10.3 Å². The van der Waals surface area contributed by atoms with E-state index in [0.717, 1.165) is 15.6 Å². The van der Waals surface area contributed by atoms with Gasteiger partial charge in [0.1, 0.15) is 11.5 Å². The van der Waals surface area contributed by atoms with Crippen molar-refractivity contribution in [3.05, 3.63) is 52.9 Å². The van der Waals surface area contributed by atoms with Crippen LogP contribution in [0, 0.1) is 0 Å². The number of carbonyl (C=O) groups excluding carboxylic acids is 1. The minimum atomic E-state index is -0.133. The Labute approximate surface area is 170 Å². The fraction of sp³-hybridized carbons (Fsp3) is 0.158. The average molecular weight is 421 g/mol. The highest BCUT2D eigenvalue weighted by Crippen LogP contribution is 2.31. The molecule has 1 aromatic heterocycles. The number of methoxy groups -OCH3 is 2. The van der Waals surface area contributed by atoms with Gasteiger partial charge in [0.25, 0.3) is 0 Å². The average Bonchev–Trinajstić information content (AvgIpc) is 3.16. The van der Waals surface area contributed by atoms with Crippen LogP contribution in [0.2, 0.25) is 5.02 Å². The van der Waals surface area contributed by atoms with Crippen LogP contribution in [-0.4, -0.2) is 30.9 Å². The summed E-state index contributed by atoms with van der Waals surface area (Å²) in [5.74, 6) is 1.33. The zero-order valence-electron chi connectivity index (χ0n) is 14.7. The predicted molar refractivity (Wildman–Crippen MR) is 111 cm³/mol. The van der Waals surface area contributed by atoms with Crippen molar-refractivity contribution in [2.24, 2.45) is 0 Å². The van der Waals surface area contributed by atoms with Crippen molar-refractivity contribution in [1.29, 1.82) is 0 Å². The summed E-state index contributed by atoms with van der Waals surface area (Å²) in [5.41, 5.74) is 2.47. The fourth-order valence-corrected chi connectivity index (χ4v) is 4.05. The van der Waals surface area contributed by atoms with Crippen LogP contribution in [0.15, 0.2) is 52.2 Å². The molecule has 0 aliphatic heterocycles. The third-order valence-corrected chi connectivity index (χ3v) is 5.91. The molecule has 1 N–H and O–H groups in total. The molecule has 0 radical (unpaired) electrons. The van der Waals surface area contributed by atoms with Gasteiger partial charge in [-0.15, -0.1) is 11.3 Å². The largest absolute Gasteiger partial charge is 0.497 e. The second-order valence-electron chi connectivity index (χ2n) is 5.41. The quantitative estimate of drug-likeness (QED) is 0.531. The van der Waals surface area contributed by atoms with Gasteiger partial charge in [0, 0.05) is 22.0 Å². The summed E-state index contributed by atoms with van der Waals surface area (Å²) in [4.78, 5) is 16.8. The lowest BCUT2D eigenvalue weighted by molar-refractivity contribution is -0.113. The topological polar surface area (TPSA) is 60.5 Å². The molecule has 1 amide bonds. The molecule has 0 saturated heterocycles. The standard InChI is InChI=1S/C19H17ClN2O3S2/c1-24-14-7-8-15(17(9-14)25-2)21-18(23)11-27-19-22-16(10-26-19)12-3-5-13(20)6-4-12/h3-10H,11H2,1-2H3,(H,21,23). The van der Waals surface area contributed by atoms with E-state index in [1.165, 1.54) is 23.1 Å². The summed E-state index contributed by atoms with van der Waals surface area (Å²) >= 11 is 8.81. The van der Waals surface area contributed by atoms with E-state index < -0.39 is 0 Å². The van der Waals surface area contributed by atoms with Gasteiger partial charge in [-0.25, -0.2) is 4.98 Å². The van der Waals surface area contributed by atoms with Gasteiger partial charge in [0.2, 0.25) is 5.91 Å². The number of thioether (sulfide) groups is 1. The monoisotopic (exact) mass is 420 g/mol. The zero-order valence-corrected chi connectivity index (χ0v) is 17.1. The molecule has 27 heavy (non-hydrogen) atoms. The maximum atomic E-state index is 12.3. The third kappa shape index (κ3) is 5.15. The molecular formula is C19H17ClN2O3S2. The predicted octanol–water partition coefficient (Wildman–Crippen LogP) is 5.21. The minimum Gasteiger partial charge on any atom is -0.497 e. The molecular weight excluding hydrogens is 404 g/mol. The highest BCUT2D eigenvalue weighted by Gasteiger charge is 2.11. The number of nitrogens with one attached hydrogen (secondary N) is 1. The maximum Gasteiger partial charge on any atom is 0.234 e. The highest BCUT2D eigenvalue weighted by molar-refractivity contribution is 8.01. The Bertz CT molecular complexity index is 929. The Morgan fingerprint density at radius 3 is 2.67 bits per heavy atom. The first-order chi connectivity index (χ1) is 13.1. The van der Waals surface area contributed by atoms with E-state index in [4.69, 9.17) is 21.1 Å². The molecule has 3 rings (SSSR count). The summed E-state index contributed by atoms with van der Waals surface area (Å²) in [5, 5.41) is 5.51. The van der Waals surface area contributed by atoms with Gasteiger partial charge >= 0.3 is 0 Å². The van der Waals surface area contributed by atoms with Crippen molar-refractivity contribution >= 4 is 46.3 Å². The zero-order chi connectivity index (χ0) is 19.2. The van der Waals surface area contributed by atoms with Crippen LogP contribution >= 0.6 is 34.7 Å². The van der Waals surface area contributed by atoms with Crippen molar-refractivity contribution in [1.82, 2.24) is 4.98 Å². The molecule has 140 valence electrons. The molecule has 8 heteroatoms. The first-order valence-electron chi connectivity index (χ1n) is 7.95. The summed E-state index contributed by atoms with van der Waals surface area (Å²) < 4.78 is 11.3. The fourth-order valence-electron chi connectivity index (χ4n) is 2.29. The van der Waals surface area contributed by atoms with Crippen molar-refractivity contribution in [2.75, 3.05) is 25.3 Å². The molecule has 0 aliphatic carbocycles. The number of ether oxygens (including phenoxy) is 2. The summed E-state index contributed by atoms with van der Waals surface area (Å²) in [6.45, 7) is 0. The van der Waals surface area contributed by atoms with Crippen LogP contribution in [0.1, 0.15) is 0 Å². The van der Waals surface area contributed by atoms with Gasteiger partial charge in [0.15, 0.2) is 4.34 Å². The van der Waals surface area contributed by atoms with Crippen molar-refractivity contribution in [3.8, 4) is 22.8 Å². The van der Waals surface area contributed by atoms with Crippen LogP contribution in [0.4, 0.5) is 5.69 Å². The van der Waals surface area contributed by atoms with E-state index in [1.807, 2.05) is 29.6 Å².